The largest absolute Gasteiger partial charge is 0.493 e. The molecule has 0 aliphatic carbocycles. The van der Waals surface area contributed by atoms with Crippen LogP contribution < -0.4 is 14.8 Å². The first-order valence-corrected chi connectivity index (χ1v) is 10.2. The Kier molecular flexibility index (Phi) is 7.56. The molecule has 32 heavy (non-hydrogen) atoms. The minimum atomic E-state index is -0.544. The van der Waals surface area contributed by atoms with E-state index in [0.29, 0.717) is 27.8 Å². The van der Waals surface area contributed by atoms with Crippen molar-refractivity contribution in [2.45, 2.75) is 6.61 Å². The molecule has 3 aromatic rings. The van der Waals surface area contributed by atoms with E-state index in [0.717, 1.165) is 5.56 Å². The molecule has 3 rings (SSSR count). The summed E-state index contributed by atoms with van der Waals surface area (Å²) >= 11 is 1.26. The molecule has 1 heterocycles. The monoisotopic (exact) mass is 449 g/mol. The predicted molar refractivity (Wildman–Crippen MR) is 119 cm³/mol. The highest BCUT2D eigenvalue weighted by atomic mass is 32.1. The lowest BCUT2D eigenvalue weighted by Crippen LogP contribution is -2.13. The lowest BCUT2D eigenvalue weighted by Gasteiger charge is -2.12. The van der Waals surface area contributed by atoms with Gasteiger partial charge in [0.15, 0.2) is 16.6 Å². The van der Waals surface area contributed by atoms with Gasteiger partial charge in [-0.1, -0.05) is 18.2 Å². The van der Waals surface area contributed by atoms with Gasteiger partial charge >= 0.3 is 5.97 Å². The second-order valence-electron chi connectivity index (χ2n) is 6.35. The van der Waals surface area contributed by atoms with E-state index in [-0.39, 0.29) is 12.2 Å². The Labute approximate surface area is 188 Å². The van der Waals surface area contributed by atoms with Crippen LogP contribution in [0.15, 0.2) is 59.6 Å². The second-order valence-corrected chi connectivity index (χ2v) is 7.24. The number of carbonyl (C=O) groups excluding carboxylic acids is 2. The molecule has 0 unspecified atom stereocenters. The molecule has 0 radical (unpaired) electrons. The van der Waals surface area contributed by atoms with Gasteiger partial charge in [-0.05, 0) is 41.5 Å². The Morgan fingerprint density at radius 3 is 2.56 bits per heavy atom. The number of esters is 1. The number of methoxy groups -OCH3 is 2. The Bertz CT molecular complexity index is 1170. The molecule has 0 spiro atoms. The zero-order valence-electron chi connectivity index (χ0n) is 17.3. The Hall–Kier alpha value is -4.16. The summed E-state index contributed by atoms with van der Waals surface area (Å²) in [5, 5.41) is 14.1. The number of nitrogens with zero attached hydrogens (tertiary/aromatic N) is 2. The van der Waals surface area contributed by atoms with Crippen molar-refractivity contribution in [1.29, 1.82) is 5.26 Å². The van der Waals surface area contributed by atoms with Crippen LogP contribution >= 0.6 is 11.3 Å². The lowest BCUT2D eigenvalue weighted by molar-refractivity contribution is -0.112. The highest BCUT2D eigenvalue weighted by molar-refractivity contribution is 7.13. The number of nitrogens with one attached hydrogen (secondary N) is 1. The van der Waals surface area contributed by atoms with Gasteiger partial charge in [-0.15, -0.1) is 11.3 Å². The van der Waals surface area contributed by atoms with Gasteiger partial charge in [-0.3, -0.25) is 10.1 Å². The van der Waals surface area contributed by atoms with Crippen molar-refractivity contribution in [2.24, 2.45) is 0 Å². The van der Waals surface area contributed by atoms with Crippen LogP contribution in [0.25, 0.3) is 6.08 Å². The van der Waals surface area contributed by atoms with Crippen LogP contribution in [-0.4, -0.2) is 31.1 Å². The van der Waals surface area contributed by atoms with Crippen LogP contribution in [0.2, 0.25) is 0 Å². The molecule has 2 aromatic carbocycles. The van der Waals surface area contributed by atoms with Gasteiger partial charge in [-0.2, -0.15) is 5.26 Å². The first-order chi connectivity index (χ1) is 15.5. The van der Waals surface area contributed by atoms with Crippen molar-refractivity contribution in [3.8, 4) is 17.6 Å². The molecule has 1 aromatic heterocycles. The van der Waals surface area contributed by atoms with Gasteiger partial charge in [0, 0.05) is 11.6 Å². The summed E-state index contributed by atoms with van der Waals surface area (Å²) in [5.74, 6) is -0.00742. The normalized spacial score (nSPS) is 10.7. The fourth-order valence-corrected chi connectivity index (χ4v) is 3.20. The van der Waals surface area contributed by atoms with Gasteiger partial charge < -0.3 is 14.2 Å². The molecule has 9 heteroatoms. The number of nitriles is 1. The third kappa shape index (κ3) is 5.71. The van der Waals surface area contributed by atoms with Gasteiger partial charge in [-0.25, -0.2) is 9.78 Å². The summed E-state index contributed by atoms with van der Waals surface area (Å²) in [7, 11) is 2.83. The van der Waals surface area contributed by atoms with Crippen molar-refractivity contribution < 1.29 is 23.8 Å². The maximum absolute atomic E-state index is 12.3. The van der Waals surface area contributed by atoms with E-state index in [1.54, 1.807) is 54.0 Å². The molecule has 0 saturated carbocycles. The number of hydrogen-bond acceptors (Lipinski definition) is 8. The summed E-state index contributed by atoms with van der Waals surface area (Å²) < 4.78 is 15.9. The average Bonchev–Trinajstić information content (AvgIpc) is 3.34. The maximum Gasteiger partial charge on any atom is 0.337 e. The number of thiazole rings is 1. The van der Waals surface area contributed by atoms with Crippen LogP contribution in [0, 0.1) is 11.3 Å². The number of aromatic nitrogens is 1. The molecule has 0 aliphatic rings. The molecule has 0 saturated heterocycles. The van der Waals surface area contributed by atoms with E-state index in [1.165, 1.54) is 31.6 Å². The van der Waals surface area contributed by atoms with Crippen LogP contribution in [-0.2, 0) is 16.1 Å². The molecule has 0 bridgehead atoms. The molecular formula is C23H19N3O5S. The number of ether oxygens (including phenoxy) is 3. The molecule has 162 valence electrons. The Morgan fingerprint density at radius 2 is 1.94 bits per heavy atom. The van der Waals surface area contributed by atoms with Crippen LogP contribution in [0.4, 0.5) is 5.13 Å². The van der Waals surface area contributed by atoms with Gasteiger partial charge in [0.05, 0.1) is 19.8 Å². The molecular weight excluding hydrogens is 430 g/mol. The van der Waals surface area contributed by atoms with E-state index in [1.807, 2.05) is 6.07 Å². The number of benzene rings is 2. The van der Waals surface area contributed by atoms with E-state index in [9.17, 15) is 14.9 Å². The predicted octanol–water partition coefficient (Wildman–Crippen LogP) is 4.06. The van der Waals surface area contributed by atoms with E-state index < -0.39 is 11.9 Å². The van der Waals surface area contributed by atoms with Gasteiger partial charge in [0.25, 0.3) is 5.91 Å². The van der Waals surface area contributed by atoms with Crippen molar-refractivity contribution in [1.82, 2.24) is 4.98 Å². The minimum absolute atomic E-state index is 0.0679. The first kappa shape index (κ1) is 22.5. The van der Waals surface area contributed by atoms with E-state index >= 15 is 0 Å². The maximum atomic E-state index is 12.3. The standard InChI is InChI=1S/C23H19N3O5S/c1-29-20-12-16(11-18(13-24)21(27)26-23-25-9-10-32-23)5-8-19(20)31-14-15-3-6-17(7-4-15)22(28)30-2/h3-12H,14H2,1-2H3,(H,25,26,27). The average molecular weight is 449 g/mol. The molecule has 1 amide bonds. The third-order valence-corrected chi connectivity index (χ3v) is 4.97. The molecule has 0 atom stereocenters. The van der Waals surface area contributed by atoms with E-state index in [4.69, 9.17) is 9.47 Å². The SMILES string of the molecule is COC(=O)c1ccc(COc2ccc(C=C(C#N)C(=O)Nc3nccs3)cc2OC)cc1. The fourth-order valence-electron chi connectivity index (χ4n) is 2.67. The minimum Gasteiger partial charge on any atom is -0.493 e. The zero-order valence-corrected chi connectivity index (χ0v) is 18.1. The van der Waals surface area contributed by atoms with Gasteiger partial charge in [0.2, 0.25) is 0 Å². The molecule has 0 aliphatic heterocycles. The Morgan fingerprint density at radius 1 is 1.16 bits per heavy atom. The number of anilines is 1. The molecule has 0 fully saturated rings. The highest BCUT2D eigenvalue weighted by Gasteiger charge is 2.12. The third-order valence-electron chi connectivity index (χ3n) is 4.29. The summed E-state index contributed by atoms with van der Waals surface area (Å²) in [6.45, 7) is 0.257. The van der Waals surface area contributed by atoms with Crippen molar-refractivity contribution in [2.75, 3.05) is 19.5 Å². The fraction of sp³-hybridized carbons (Fsp3) is 0.130. The Balaban J connectivity index is 1.71. The quantitative estimate of drug-likeness (QED) is 0.314. The van der Waals surface area contributed by atoms with E-state index in [2.05, 4.69) is 15.0 Å². The summed E-state index contributed by atoms with van der Waals surface area (Å²) in [5.41, 5.74) is 1.84. The van der Waals surface area contributed by atoms with Crippen LogP contribution in [0.3, 0.4) is 0 Å². The lowest BCUT2D eigenvalue weighted by atomic mass is 10.1. The summed E-state index contributed by atoms with van der Waals surface area (Å²) in [4.78, 5) is 27.8. The van der Waals surface area contributed by atoms with Crippen molar-refractivity contribution in [3.63, 3.8) is 0 Å². The van der Waals surface area contributed by atoms with Crippen LogP contribution in [0.5, 0.6) is 11.5 Å². The number of amides is 1. The van der Waals surface area contributed by atoms with Crippen molar-refractivity contribution >= 4 is 34.4 Å². The number of carbonyl (C=O) groups is 2. The van der Waals surface area contributed by atoms with Crippen LogP contribution in [0.1, 0.15) is 21.5 Å². The number of hydrogen-bond donors (Lipinski definition) is 1. The second kappa shape index (κ2) is 10.7. The number of rotatable bonds is 8. The van der Waals surface area contributed by atoms with Crippen molar-refractivity contribution in [3.05, 3.63) is 76.3 Å². The molecule has 8 nitrogen and oxygen atoms in total. The topological polar surface area (TPSA) is 111 Å². The smallest absolute Gasteiger partial charge is 0.337 e. The summed E-state index contributed by atoms with van der Waals surface area (Å²) in [6, 6.07) is 13.9. The first-order valence-electron chi connectivity index (χ1n) is 9.34. The summed E-state index contributed by atoms with van der Waals surface area (Å²) in [6.07, 6.45) is 3.02. The highest BCUT2D eigenvalue weighted by Crippen LogP contribution is 2.30. The molecule has 1 N–H and O–H groups in total. The van der Waals surface area contributed by atoms with Gasteiger partial charge in [0.1, 0.15) is 18.2 Å². The zero-order chi connectivity index (χ0) is 22.9.